The zero-order valence-corrected chi connectivity index (χ0v) is 13.8. The van der Waals surface area contributed by atoms with E-state index in [1.807, 2.05) is 0 Å². The van der Waals surface area contributed by atoms with Crippen LogP contribution in [-0.2, 0) is 15.8 Å². The molecule has 0 aliphatic rings. The fourth-order valence-corrected chi connectivity index (χ4v) is 2.01. The summed E-state index contributed by atoms with van der Waals surface area (Å²) in [4.78, 5) is 23.8. The predicted octanol–water partition coefficient (Wildman–Crippen LogP) is 3.23. The van der Waals surface area contributed by atoms with Gasteiger partial charge in [0.2, 0.25) is 5.91 Å². The number of para-hydroxylation sites is 1. The first-order chi connectivity index (χ1) is 12.3. The van der Waals surface area contributed by atoms with Crippen LogP contribution in [0.3, 0.4) is 0 Å². The van der Waals surface area contributed by atoms with Gasteiger partial charge in [-0.3, -0.25) is 9.59 Å². The van der Waals surface area contributed by atoms with Crippen molar-refractivity contribution < 1.29 is 27.5 Å². The van der Waals surface area contributed by atoms with Crippen molar-refractivity contribution in [3.05, 3.63) is 60.2 Å². The fourth-order valence-electron chi connectivity index (χ4n) is 2.01. The number of anilines is 1. The van der Waals surface area contributed by atoms with E-state index in [1.165, 1.54) is 6.92 Å². The molecular formula is C18H17F3N2O3. The minimum absolute atomic E-state index is 0.199. The minimum atomic E-state index is -4.44. The molecule has 1 unspecified atom stereocenters. The Hall–Kier alpha value is -3.03. The van der Waals surface area contributed by atoms with E-state index in [2.05, 4.69) is 10.6 Å². The molecule has 0 radical (unpaired) electrons. The summed E-state index contributed by atoms with van der Waals surface area (Å²) in [6.45, 7) is 1.20. The predicted molar refractivity (Wildman–Crippen MR) is 89.6 cm³/mol. The molecule has 0 aliphatic heterocycles. The van der Waals surface area contributed by atoms with Crippen molar-refractivity contribution in [2.75, 3.05) is 11.9 Å². The van der Waals surface area contributed by atoms with Gasteiger partial charge in [0.25, 0.3) is 5.91 Å². The van der Waals surface area contributed by atoms with Crippen molar-refractivity contribution in [3.8, 4) is 5.75 Å². The highest BCUT2D eigenvalue weighted by atomic mass is 19.4. The average molecular weight is 366 g/mol. The smallest absolute Gasteiger partial charge is 0.416 e. The molecule has 0 bridgehead atoms. The molecule has 2 aromatic carbocycles. The third kappa shape index (κ3) is 5.80. The molecule has 0 spiro atoms. The van der Waals surface area contributed by atoms with Crippen molar-refractivity contribution in [2.45, 2.75) is 19.1 Å². The van der Waals surface area contributed by atoms with E-state index in [-0.39, 0.29) is 12.3 Å². The molecule has 8 heteroatoms. The Morgan fingerprint density at radius 3 is 2.23 bits per heavy atom. The summed E-state index contributed by atoms with van der Waals surface area (Å²) in [7, 11) is 0. The molecule has 2 amide bonds. The van der Waals surface area contributed by atoms with E-state index < -0.39 is 29.6 Å². The van der Waals surface area contributed by atoms with Crippen molar-refractivity contribution in [1.82, 2.24) is 5.32 Å². The van der Waals surface area contributed by atoms with Crippen LogP contribution in [0.2, 0.25) is 0 Å². The summed E-state index contributed by atoms with van der Waals surface area (Å²) in [5.41, 5.74) is -0.612. The van der Waals surface area contributed by atoms with Crippen LogP contribution in [0.25, 0.3) is 0 Å². The van der Waals surface area contributed by atoms with Crippen LogP contribution in [-0.4, -0.2) is 24.5 Å². The summed E-state index contributed by atoms with van der Waals surface area (Å²) < 4.78 is 42.8. The van der Waals surface area contributed by atoms with E-state index >= 15 is 0 Å². The van der Waals surface area contributed by atoms with Crippen molar-refractivity contribution in [1.29, 1.82) is 0 Å². The first kappa shape index (κ1) is 19.3. The summed E-state index contributed by atoms with van der Waals surface area (Å²) in [6.07, 6.45) is -4.44. The van der Waals surface area contributed by atoms with Gasteiger partial charge in [0.05, 0.1) is 5.56 Å². The molecule has 2 aromatic rings. The molecule has 0 saturated heterocycles. The van der Waals surface area contributed by atoms with Gasteiger partial charge in [-0.1, -0.05) is 18.2 Å². The number of ether oxygens (including phenoxy) is 1. The molecule has 5 nitrogen and oxygen atoms in total. The van der Waals surface area contributed by atoms with Crippen LogP contribution in [0, 0.1) is 0 Å². The molecule has 26 heavy (non-hydrogen) atoms. The average Bonchev–Trinajstić information content (AvgIpc) is 2.60. The molecular weight excluding hydrogens is 349 g/mol. The number of alkyl halides is 3. The summed E-state index contributed by atoms with van der Waals surface area (Å²) in [5, 5.41) is 4.89. The third-order valence-corrected chi connectivity index (χ3v) is 3.36. The van der Waals surface area contributed by atoms with Gasteiger partial charge in [0, 0.05) is 5.69 Å². The zero-order chi connectivity index (χ0) is 19.2. The van der Waals surface area contributed by atoms with Crippen LogP contribution in [0.15, 0.2) is 54.6 Å². The highest BCUT2D eigenvalue weighted by Gasteiger charge is 2.30. The number of carbonyl (C=O) groups excluding carboxylic acids is 2. The number of hydrogen-bond donors (Lipinski definition) is 2. The van der Waals surface area contributed by atoms with Gasteiger partial charge in [-0.25, -0.2) is 0 Å². The lowest BCUT2D eigenvalue weighted by atomic mass is 10.2. The van der Waals surface area contributed by atoms with Crippen molar-refractivity contribution >= 4 is 17.5 Å². The maximum Gasteiger partial charge on any atom is 0.416 e. The lowest BCUT2D eigenvalue weighted by molar-refractivity contribution is -0.137. The SMILES string of the molecule is CC(NC(=O)COc1ccccc1)C(=O)Nc1ccc(C(F)(F)F)cc1. The van der Waals surface area contributed by atoms with Gasteiger partial charge >= 0.3 is 6.18 Å². The Morgan fingerprint density at radius 2 is 1.65 bits per heavy atom. The Labute approximate surface area is 148 Å². The minimum Gasteiger partial charge on any atom is -0.484 e. The topological polar surface area (TPSA) is 67.4 Å². The monoisotopic (exact) mass is 366 g/mol. The zero-order valence-electron chi connectivity index (χ0n) is 13.8. The Morgan fingerprint density at radius 1 is 1.04 bits per heavy atom. The Balaban J connectivity index is 1.82. The number of hydrogen-bond acceptors (Lipinski definition) is 3. The second kappa shape index (κ2) is 8.37. The maximum absolute atomic E-state index is 12.5. The fraction of sp³-hybridized carbons (Fsp3) is 0.222. The number of halogens is 3. The molecule has 2 N–H and O–H groups in total. The highest BCUT2D eigenvalue weighted by molar-refractivity contribution is 5.97. The molecule has 0 aromatic heterocycles. The number of benzene rings is 2. The van der Waals surface area contributed by atoms with Gasteiger partial charge < -0.3 is 15.4 Å². The maximum atomic E-state index is 12.5. The summed E-state index contributed by atoms with van der Waals surface area (Å²) in [6, 6.07) is 11.8. The second-order valence-corrected chi connectivity index (χ2v) is 5.46. The molecule has 0 fully saturated rings. The van der Waals surface area contributed by atoms with Crippen molar-refractivity contribution in [3.63, 3.8) is 0 Å². The van der Waals surface area contributed by atoms with Gasteiger partial charge in [-0.05, 0) is 43.3 Å². The van der Waals surface area contributed by atoms with E-state index in [9.17, 15) is 22.8 Å². The van der Waals surface area contributed by atoms with Crippen LogP contribution < -0.4 is 15.4 Å². The lowest BCUT2D eigenvalue weighted by Crippen LogP contribution is -2.43. The van der Waals surface area contributed by atoms with Crippen LogP contribution in [0.1, 0.15) is 12.5 Å². The highest BCUT2D eigenvalue weighted by Crippen LogP contribution is 2.29. The van der Waals surface area contributed by atoms with E-state index in [4.69, 9.17) is 4.74 Å². The number of carbonyl (C=O) groups is 2. The normalized spacial score (nSPS) is 12.2. The summed E-state index contributed by atoms with van der Waals surface area (Å²) in [5.74, 6) is -0.536. The van der Waals surface area contributed by atoms with Crippen LogP contribution in [0.4, 0.5) is 18.9 Å². The standard InChI is InChI=1S/C18H17F3N2O3/c1-12(22-16(24)11-26-15-5-3-2-4-6-15)17(25)23-14-9-7-13(8-10-14)18(19,20)21/h2-10,12H,11H2,1H3,(H,22,24)(H,23,25). The first-order valence-electron chi connectivity index (χ1n) is 7.71. The van der Waals surface area contributed by atoms with E-state index in [0.29, 0.717) is 5.75 Å². The quantitative estimate of drug-likeness (QED) is 0.825. The van der Waals surface area contributed by atoms with Gasteiger partial charge in [0.1, 0.15) is 11.8 Å². The molecule has 2 rings (SSSR count). The molecule has 0 aliphatic carbocycles. The summed E-state index contributed by atoms with van der Waals surface area (Å²) >= 11 is 0. The van der Waals surface area contributed by atoms with Crippen molar-refractivity contribution in [2.24, 2.45) is 0 Å². The lowest BCUT2D eigenvalue weighted by Gasteiger charge is -2.15. The molecule has 1 atom stereocenters. The number of rotatable bonds is 6. The number of amides is 2. The second-order valence-electron chi connectivity index (χ2n) is 5.46. The number of nitrogens with one attached hydrogen (secondary N) is 2. The van der Waals surface area contributed by atoms with Gasteiger partial charge in [0.15, 0.2) is 6.61 Å². The Kier molecular flexibility index (Phi) is 6.21. The molecule has 138 valence electrons. The van der Waals surface area contributed by atoms with Gasteiger partial charge in [-0.2, -0.15) is 13.2 Å². The van der Waals surface area contributed by atoms with E-state index in [0.717, 1.165) is 24.3 Å². The first-order valence-corrected chi connectivity index (χ1v) is 7.71. The van der Waals surface area contributed by atoms with E-state index in [1.54, 1.807) is 30.3 Å². The molecule has 0 heterocycles. The molecule has 0 saturated carbocycles. The van der Waals surface area contributed by atoms with Crippen LogP contribution in [0.5, 0.6) is 5.75 Å². The third-order valence-electron chi connectivity index (χ3n) is 3.36. The van der Waals surface area contributed by atoms with Crippen LogP contribution >= 0.6 is 0 Å². The largest absolute Gasteiger partial charge is 0.484 e. The Bertz CT molecular complexity index is 747. The van der Waals surface area contributed by atoms with Gasteiger partial charge in [-0.15, -0.1) is 0 Å².